The number of nitrogens with zero attached hydrogens (tertiary/aromatic N) is 3. The van der Waals surface area contributed by atoms with Crippen LogP contribution in [0.25, 0.3) is 0 Å². The Kier molecular flexibility index (Phi) is 3.58. The van der Waals surface area contributed by atoms with Crippen LogP contribution in [0.15, 0.2) is 23.8 Å². The van der Waals surface area contributed by atoms with E-state index in [1.807, 2.05) is 14.0 Å². The van der Waals surface area contributed by atoms with Crippen LogP contribution >= 0.6 is 11.3 Å². The van der Waals surface area contributed by atoms with Crippen molar-refractivity contribution in [2.75, 3.05) is 24.3 Å². The first kappa shape index (κ1) is 11.9. The van der Waals surface area contributed by atoms with Crippen molar-refractivity contribution >= 4 is 23.0 Å². The molecular weight excluding hydrogens is 232 g/mol. The summed E-state index contributed by atoms with van der Waals surface area (Å²) in [5.74, 6) is 1.85. The van der Waals surface area contributed by atoms with E-state index in [2.05, 4.69) is 44.7 Å². The van der Waals surface area contributed by atoms with Crippen molar-refractivity contribution in [1.29, 1.82) is 0 Å². The Labute approximate surface area is 105 Å². The van der Waals surface area contributed by atoms with Crippen molar-refractivity contribution in [2.24, 2.45) is 0 Å². The summed E-state index contributed by atoms with van der Waals surface area (Å²) in [5, 5.41) is 5.17. The molecule has 0 bridgehead atoms. The van der Waals surface area contributed by atoms with Gasteiger partial charge >= 0.3 is 0 Å². The zero-order chi connectivity index (χ0) is 12.3. The van der Waals surface area contributed by atoms with Gasteiger partial charge in [-0.1, -0.05) is 6.07 Å². The minimum atomic E-state index is 0.874. The second kappa shape index (κ2) is 5.14. The maximum Gasteiger partial charge on any atom is 0.137 e. The lowest BCUT2D eigenvalue weighted by Crippen LogP contribution is -2.19. The molecule has 0 atom stereocenters. The van der Waals surface area contributed by atoms with Crippen LogP contribution in [0.5, 0.6) is 0 Å². The second-order valence-corrected chi connectivity index (χ2v) is 4.89. The Bertz CT molecular complexity index is 481. The molecule has 0 aliphatic carbocycles. The van der Waals surface area contributed by atoms with E-state index in [0.29, 0.717) is 0 Å². The smallest absolute Gasteiger partial charge is 0.137 e. The standard InChI is InChI=1S/C12H16N4S/c1-9-11(13-2)14-8-15-12(9)16(3)7-10-5-4-6-17-10/h4-6,8H,7H2,1-3H3,(H,13,14,15). The third-order valence-corrected chi connectivity index (χ3v) is 3.49. The van der Waals surface area contributed by atoms with Crippen molar-refractivity contribution in [1.82, 2.24) is 9.97 Å². The molecule has 2 heterocycles. The van der Waals surface area contributed by atoms with Gasteiger partial charge in [-0.05, 0) is 18.4 Å². The largest absolute Gasteiger partial charge is 0.373 e. The summed E-state index contributed by atoms with van der Waals surface area (Å²) >= 11 is 1.76. The monoisotopic (exact) mass is 248 g/mol. The lowest BCUT2D eigenvalue weighted by Gasteiger charge is -2.20. The van der Waals surface area contributed by atoms with E-state index in [9.17, 15) is 0 Å². The van der Waals surface area contributed by atoms with E-state index in [4.69, 9.17) is 0 Å². The van der Waals surface area contributed by atoms with Gasteiger partial charge in [0.2, 0.25) is 0 Å². The molecule has 0 saturated carbocycles. The van der Waals surface area contributed by atoms with Gasteiger partial charge in [-0.3, -0.25) is 0 Å². The van der Waals surface area contributed by atoms with E-state index < -0.39 is 0 Å². The fourth-order valence-corrected chi connectivity index (χ4v) is 2.55. The van der Waals surface area contributed by atoms with Crippen LogP contribution in [0.2, 0.25) is 0 Å². The first-order valence-corrected chi connectivity index (χ1v) is 6.33. The SMILES string of the molecule is CNc1ncnc(N(C)Cc2cccs2)c1C. The van der Waals surface area contributed by atoms with Crippen LogP contribution in [0.4, 0.5) is 11.6 Å². The maximum atomic E-state index is 4.35. The Morgan fingerprint density at radius 2 is 2.24 bits per heavy atom. The number of hydrogen-bond donors (Lipinski definition) is 1. The summed E-state index contributed by atoms with van der Waals surface area (Å²) < 4.78 is 0. The predicted molar refractivity (Wildman–Crippen MR) is 72.7 cm³/mol. The zero-order valence-corrected chi connectivity index (χ0v) is 11.1. The van der Waals surface area contributed by atoms with Crippen LogP contribution in [-0.2, 0) is 6.54 Å². The number of aromatic nitrogens is 2. The Hall–Kier alpha value is -1.62. The summed E-state index contributed by atoms with van der Waals surface area (Å²) in [4.78, 5) is 12.0. The van der Waals surface area contributed by atoms with Gasteiger partial charge in [-0.15, -0.1) is 11.3 Å². The highest BCUT2D eigenvalue weighted by molar-refractivity contribution is 7.09. The van der Waals surface area contributed by atoms with Crippen LogP contribution in [0, 0.1) is 6.92 Å². The molecular formula is C12H16N4S. The molecule has 1 N–H and O–H groups in total. The quantitative estimate of drug-likeness (QED) is 0.902. The third kappa shape index (κ3) is 2.55. The highest BCUT2D eigenvalue weighted by Gasteiger charge is 2.10. The van der Waals surface area contributed by atoms with Gasteiger partial charge in [0.1, 0.15) is 18.0 Å². The van der Waals surface area contributed by atoms with Crippen LogP contribution in [0.1, 0.15) is 10.4 Å². The minimum absolute atomic E-state index is 0.874. The fourth-order valence-electron chi connectivity index (χ4n) is 1.79. The molecule has 0 radical (unpaired) electrons. The molecule has 0 spiro atoms. The van der Waals surface area contributed by atoms with Crippen molar-refractivity contribution in [3.05, 3.63) is 34.3 Å². The first-order valence-electron chi connectivity index (χ1n) is 5.45. The molecule has 0 saturated heterocycles. The molecule has 0 amide bonds. The number of hydrogen-bond acceptors (Lipinski definition) is 5. The Balaban J connectivity index is 2.22. The molecule has 0 fully saturated rings. The van der Waals surface area contributed by atoms with Gasteiger partial charge < -0.3 is 10.2 Å². The van der Waals surface area contributed by atoms with Gasteiger partial charge in [0.25, 0.3) is 0 Å². The first-order chi connectivity index (χ1) is 8.22. The number of rotatable bonds is 4. The van der Waals surface area contributed by atoms with Gasteiger partial charge in [0, 0.05) is 24.5 Å². The molecule has 0 unspecified atom stereocenters. The number of thiophene rings is 1. The maximum absolute atomic E-state index is 4.35. The summed E-state index contributed by atoms with van der Waals surface area (Å²) in [6, 6.07) is 4.20. The lowest BCUT2D eigenvalue weighted by molar-refractivity contribution is 0.895. The highest BCUT2D eigenvalue weighted by atomic mass is 32.1. The molecule has 5 heteroatoms. The highest BCUT2D eigenvalue weighted by Crippen LogP contribution is 2.23. The number of anilines is 2. The molecule has 0 aliphatic rings. The van der Waals surface area contributed by atoms with E-state index in [1.165, 1.54) is 4.88 Å². The Morgan fingerprint density at radius 3 is 2.88 bits per heavy atom. The van der Waals surface area contributed by atoms with Gasteiger partial charge in [0.15, 0.2) is 0 Å². The van der Waals surface area contributed by atoms with Gasteiger partial charge in [-0.2, -0.15) is 0 Å². The summed E-state index contributed by atoms with van der Waals surface area (Å²) in [7, 11) is 3.92. The van der Waals surface area contributed by atoms with Crippen LogP contribution in [0.3, 0.4) is 0 Å². The lowest BCUT2D eigenvalue weighted by atomic mass is 10.3. The molecule has 4 nitrogen and oxygen atoms in total. The summed E-state index contributed by atoms with van der Waals surface area (Å²) in [6.45, 7) is 2.91. The molecule has 2 rings (SSSR count). The van der Waals surface area contributed by atoms with Crippen molar-refractivity contribution in [3.8, 4) is 0 Å². The van der Waals surface area contributed by atoms with Crippen molar-refractivity contribution in [3.63, 3.8) is 0 Å². The average Bonchev–Trinajstić information content (AvgIpc) is 2.82. The fraction of sp³-hybridized carbons (Fsp3) is 0.333. The zero-order valence-electron chi connectivity index (χ0n) is 10.3. The van der Waals surface area contributed by atoms with E-state index in [1.54, 1.807) is 17.7 Å². The van der Waals surface area contributed by atoms with Crippen LogP contribution in [-0.4, -0.2) is 24.1 Å². The molecule has 90 valence electrons. The Morgan fingerprint density at radius 1 is 1.41 bits per heavy atom. The topological polar surface area (TPSA) is 41.1 Å². The van der Waals surface area contributed by atoms with E-state index in [0.717, 1.165) is 23.7 Å². The normalized spacial score (nSPS) is 10.3. The van der Waals surface area contributed by atoms with Crippen LogP contribution < -0.4 is 10.2 Å². The summed E-state index contributed by atoms with van der Waals surface area (Å²) in [6.07, 6.45) is 1.60. The molecule has 17 heavy (non-hydrogen) atoms. The van der Waals surface area contributed by atoms with Gasteiger partial charge in [0.05, 0.1) is 6.54 Å². The van der Waals surface area contributed by atoms with Crippen molar-refractivity contribution < 1.29 is 0 Å². The molecule has 0 aliphatic heterocycles. The van der Waals surface area contributed by atoms with Crippen molar-refractivity contribution in [2.45, 2.75) is 13.5 Å². The molecule has 0 aromatic carbocycles. The molecule has 2 aromatic heterocycles. The predicted octanol–water partition coefficient (Wildman–Crippen LogP) is 2.52. The second-order valence-electron chi connectivity index (χ2n) is 3.86. The van der Waals surface area contributed by atoms with E-state index in [-0.39, 0.29) is 0 Å². The van der Waals surface area contributed by atoms with E-state index >= 15 is 0 Å². The average molecular weight is 248 g/mol. The third-order valence-electron chi connectivity index (χ3n) is 2.63. The number of nitrogens with one attached hydrogen (secondary N) is 1. The molecule has 2 aromatic rings. The minimum Gasteiger partial charge on any atom is -0.373 e. The van der Waals surface area contributed by atoms with Gasteiger partial charge in [-0.25, -0.2) is 9.97 Å². The summed E-state index contributed by atoms with van der Waals surface area (Å²) in [5.41, 5.74) is 1.08.